The van der Waals surface area contributed by atoms with Gasteiger partial charge in [0.15, 0.2) is 0 Å². The highest BCUT2D eigenvalue weighted by molar-refractivity contribution is 7.99. The first-order valence-corrected chi connectivity index (χ1v) is 10.6. The lowest BCUT2D eigenvalue weighted by atomic mass is 10.1. The second-order valence-corrected chi connectivity index (χ2v) is 8.10. The first-order valence-electron chi connectivity index (χ1n) is 9.59. The lowest BCUT2D eigenvalue weighted by Gasteiger charge is -2.31. The van der Waals surface area contributed by atoms with Crippen molar-refractivity contribution in [2.45, 2.75) is 37.8 Å². The van der Waals surface area contributed by atoms with Crippen molar-refractivity contribution in [2.24, 2.45) is 0 Å². The molecule has 1 aliphatic heterocycles. The van der Waals surface area contributed by atoms with Crippen LogP contribution in [0.2, 0.25) is 0 Å². The van der Waals surface area contributed by atoms with E-state index in [4.69, 9.17) is 4.74 Å². The number of carbonyl (C=O) groups excluding carboxylic acids is 1. The quantitative estimate of drug-likeness (QED) is 0.687. The monoisotopic (exact) mass is 384 g/mol. The van der Waals surface area contributed by atoms with Crippen LogP contribution >= 0.6 is 11.8 Å². The van der Waals surface area contributed by atoms with Crippen molar-refractivity contribution in [1.29, 1.82) is 0 Å². The topological polar surface area (TPSA) is 41.6 Å². The fourth-order valence-electron chi connectivity index (χ4n) is 3.08. The Balaban J connectivity index is 1.63. The number of hydrogen-bond donors (Lipinski definition) is 1. The summed E-state index contributed by atoms with van der Waals surface area (Å²) in [6, 6.07) is 16.5. The lowest BCUT2D eigenvalue weighted by Crippen LogP contribution is -2.30. The molecule has 0 saturated heterocycles. The number of anilines is 1. The van der Waals surface area contributed by atoms with Crippen molar-refractivity contribution in [3.63, 3.8) is 0 Å². The van der Waals surface area contributed by atoms with E-state index in [0.717, 1.165) is 36.5 Å². The number of fused-ring (bicyclic) bond motifs is 1. The molecule has 2 aromatic rings. The van der Waals surface area contributed by atoms with Gasteiger partial charge in [0.05, 0.1) is 11.8 Å². The number of rotatable bonds is 8. The summed E-state index contributed by atoms with van der Waals surface area (Å²) in [7, 11) is 0. The summed E-state index contributed by atoms with van der Waals surface area (Å²) in [5.41, 5.74) is 3.17. The first kappa shape index (κ1) is 19.8. The zero-order chi connectivity index (χ0) is 19.1. The molecule has 1 heterocycles. The molecule has 0 aromatic heterocycles. The van der Waals surface area contributed by atoms with Crippen LogP contribution in [-0.2, 0) is 11.3 Å². The van der Waals surface area contributed by atoms with Crippen molar-refractivity contribution in [1.82, 2.24) is 5.32 Å². The Morgan fingerprint density at radius 3 is 2.81 bits per heavy atom. The molecular weight excluding hydrogens is 356 g/mol. The minimum Gasteiger partial charge on any atom is -0.379 e. The number of nitrogens with zero attached hydrogens (tertiary/aromatic N) is 1. The van der Waals surface area contributed by atoms with Crippen molar-refractivity contribution >= 4 is 23.4 Å². The Morgan fingerprint density at radius 2 is 2.04 bits per heavy atom. The number of thioether (sulfide) groups is 1. The average Bonchev–Trinajstić information content (AvgIpc) is 2.68. The van der Waals surface area contributed by atoms with E-state index in [1.165, 1.54) is 10.5 Å². The number of carbonyl (C=O) groups is 1. The number of nitrogens with one attached hydrogen (secondary N) is 1. The molecule has 1 N–H and O–H groups in total. The van der Waals surface area contributed by atoms with E-state index in [2.05, 4.69) is 40.5 Å². The van der Waals surface area contributed by atoms with Gasteiger partial charge in [0.1, 0.15) is 0 Å². The highest BCUT2D eigenvalue weighted by Gasteiger charge is 2.19. The normalized spacial score (nSPS) is 13.5. The minimum absolute atomic E-state index is 0.0161. The molecule has 5 heteroatoms. The van der Waals surface area contributed by atoms with Crippen LogP contribution in [0.3, 0.4) is 0 Å². The van der Waals surface area contributed by atoms with Gasteiger partial charge in [-0.2, -0.15) is 0 Å². The van der Waals surface area contributed by atoms with Gasteiger partial charge in [-0.25, -0.2) is 0 Å². The molecule has 0 bridgehead atoms. The van der Waals surface area contributed by atoms with E-state index in [0.29, 0.717) is 13.2 Å². The number of ether oxygens (including phenoxy) is 1. The van der Waals surface area contributed by atoms with Crippen LogP contribution in [0.25, 0.3) is 0 Å². The molecule has 144 valence electrons. The third kappa shape index (κ3) is 5.75. The van der Waals surface area contributed by atoms with Crippen LogP contribution in [0, 0.1) is 0 Å². The maximum absolute atomic E-state index is 12.5. The predicted octanol–water partition coefficient (Wildman–Crippen LogP) is 4.34. The van der Waals surface area contributed by atoms with Gasteiger partial charge < -0.3 is 15.0 Å². The third-order valence-electron chi connectivity index (χ3n) is 4.45. The fourth-order valence-corrected chi connectivity index (χ4v) is 4.11. The van der Waals surface area contributed by atoms with Crippen LogP contribution in [0.1, 0.15) is 36.2 Å². The summed E-state index contributed by atoms with van der Waals surface area (Å²) in [5.74, 6) is 1.05. The maximum atomic E-state index is 12.5. The van der Waals surface area contributed by atoms with Crippen LogP contribution in [0.5, 0.6) is 0 Å². The maximum Gasteiger partial charge on any atom is 0.251 e. The predicted molar refractivity (Wildman–Crippen MR) is 113 cm³/mol. The largest absolute Gasteiger partial charge is 0.379 e. The summed E-state index contributed by atoms with van der Waals surface area (Å²) in [6.45, 7) is 7.20. The summed E-state index contributed by atoms with van der Waals surface area (Å²) in [5, 5.41) is 3.00. The van der Waals surface area contributed by atoms with E-state index in [1.54, 1.807) is 0 Å². The summed E-state index contributed by atoms with van der Waals surface area (Å²) in [4.78, 5) is 16.1. The fraction of sp³-hybridized carbons (Fsp3) is 0.409. The van der Waals surface area contributed by atoms with Crippen molar-refractivity contribution in [3.05, 3.63) is 59.7 Å². The molecule has 0 spiro atoms. The third-order valence-corrected chi connectivity index (χ3v) is 5.50. The minimum atomic E-state index is -0.0161. The van der Waals surface area contributed by atoms with Gasteiger partial charge in [-0.05, 0) is 44.0 Å². The van der Waals surface area contributed by atoms with Crippen molar-refractivity contribution in [3.8, 4) is 0 Å². The van der Waals surface area contributed by atoms with Gasteiger partial charge in [0, 0.05) is 42.5 Å². The smallest absolute Gasteiger partial charge is 0.251 e. The van der Waals surface area contributed by atoms with Crippen LogP contribution in [0.15, 0.2) is 53.4 Å². The van der Waals surface area contributed by atoms with Crippen molar-refractivity contribution in [2.75, 3.05) is 30.3 Å². The zero-order valence-corrected chi connectivity index (χ0v) is 16.9. The lowest BCUT2D eigenvalue weighted by molar-refractivity contribution is 0.0757. The second-order valence-electron chi connectivity index (χ2n) is 6.97. The molecule has 27 heavy (non-hydrogen) atoms. The molecule has 0 radical (unpaired) electrons. The summed E-state index contributed by atoms with van der Waals surface area (Å²) in [6.07, 6.45) is 1.06. The standard InChI is InChI=1S/C22H28N2O2S/c1-17(2)26-13-6-11-23-22(25)19-9-10-21-20(15-19)24(12-14-27-21)16-18-7-4-3-5-8-18/h3-5,7-10,15,17H,6,11-14,16H2,1-2H3,(H,23,25). The van der Waals surface area contributed by atoms with E-state index in [-0.39, 0.29) is 12.0 Å². The zero-order valence-electron chi connectivity index (χ0n) is 16.1. The summed E-state index contributed by atoms with van der Waals surface area (Å²) < 4.78 is 5.51. The Bertz CT molecular complexity index is 749. The second kappa shape index (κ2) is 9.81. The molecule has 3 rings (SSSR count). The molecule has 4 nitrogen and oxygen atoms in total. The van der Waals surface area contributed by atoms with Gasteiger partial charge in [-0.3, -0.25) is 4.79 Å². The Kier molecular flexibility index (Phi) is 7.18. The Hall–Kier alpha value is -1.98. The molecule has 1 aliphatic rings. The molecule has 2 aromatic carbocycles. The van der Waals surface area contributed by atoms with E-state index >= 15 is 0 Å². The highest BCUT2D eigenvalue weighted by Crippen LogP contribution is 2.36. The Morgan fingerprint density at radius 1 is 1.22 bits per heavy atom. The highest BCUT2D eigenvalue weighted by atomic mass is 32.2. The van der Waals surface area contributed by atoms with Crippen LogP contribution in [-0.4, -0.2) is 37.5 Å². The van der Waals surface area contributed by atoms with Crippen LogP contribution in [0.4, 0.5) is 5.69 Å². The molecule has 0 unspecified atom stereocenters. The van der Waals surface area contributed by atoms with E-state index in [1.807, 2.05) is 43.8 Å². The average molecular weight is 385 g/mol. The molecule has 0 aliphatic carbocycles. The van der Waals surface area contributed by atoms with Crippen LogP contribution < -0.4 is 10.2 Å². The Labute approximate surface area is 166 Å². The van der Waals surface area contributed by atoms with Gasteiger partial charge in [-0.1, -0.05) is 30.3 Å². The summed E-state index contributed by atoms with van der Waals surface area (Å²) >= 11 is 1.86. The molecule has 1 amide bonds. The van der Waals surface area contributed by atoms with Gasteiger partial charge >= 0.3 is 0 Å². The molecular formula is C22H28N2O2S. The number of hydrogen-bond acceptors (Lipinski definition) is 4. The van der Waals surface area contributed by atoms with Crippen molar-refractivity contribution < 1.29 is 9.53 Å². The molecule has 0 fully saturated rings. The van der Waals surface area contributed by atoms with E-state index in [9.17, 15) is 4.79 Å². The van der Waals surface area contributed by atoms with Gasteiger partial charge in [0.2, 0.25) is 0 Å². The first-order chi connectivity index (χ1) is 13.1. The number of amides is 1. The molecule has 0 atom stereocenters. The molecule has 0 saturated carbocycles. The van der Waals surface area contributed by atoms with Gasteiger partial charge in [-0.15, -0.1) is 11.8 Å². The SMILES string of the molecule is CC(C)OCCCNC(=O)c1ccc2c(c1)N(Cc1ccccc1)CCS2. The van der Waals surface area contributed by atoms with Gasteiger partial charge in [0.25, 0.3) is 5.91 Å². The number of benzene rings is 2. The van der Waals surface area contributed by atoms with E-state index < -0.39 is 0 Å².